The first-order valence-corrected chi connectivity index (χ1v) is 12.5. The smallest absolute Gasteiger partial charge is 0.349 e. The number of aliphatic hydroxyl groups is 1. The van der Waals surface area contributed by atoms with Crippen molar-refractivity contribution in [3.8, 4) is 0 Å². The molecular weight excluding hydrogens is 404 g/mol. The Morgan fingerprint density at radius 1 is 1.23 bits per heavy atom. The van der Waals surface area contributed by atoms with Crippen molar-refractivity contribution < 1.29 is 18.7 Å². The Labute approximate surface area is 178 Å². The monoisotopic (exact) mass is 440 g/mol. The summed E-state index contributed by atoms with van der Waals surface area (Å²) < 4.78 is 20.9. The predicted octanol–water partition coefficient (Wildman–Crippen LogP) is 2.45. The molecule has 0 saturated carbocycles. The Balaban J connectivity index is 2.10. The van der Waals surface area contributed by atoms with E-state index in [2.05, 4.69) is 46.5 Å². The molecule has 3 heterocycles. The molecule has 0 unspecified atom stereocenters. The molecule has 2 aliphatic heterocycles. The maximum absolute atomic E-state index is 12.7. The number of hydrogen-bond acceptors (Lipinski definition) is 6. The number of nitrogens with one attached hydrogen (secondary N) is 1. The van der Waals surface area contributed by atoms with E-state index in [9.17, 15) is 14.7 Å². The second kappa shape index (κ2) is 7.41. The molecule has 0 bridgehead atoms. The van der Waals surface area contributed by atoms with Gasteiger partial charge in [0.05, 0.1) is 6.61 Å². The third-order valence-corrected chi connectivity index (χ3v) is 11.3. The zero-order chi connectivity index (χ0) is 22.7. The maximum atomic E-state index is 12.7. The van der Waals surface area contributed by atoms with Crippen LogP contribution >= 0.6 is 0 Å². The van der Waals surface area contributed by atoms with E-state index in [-0.39, 0.29) is 16.0 Å². The van der Waals surface area contributed by atoms with Crippen LogP contribution in [0.4, 0.5) is 0 Å². The van der Waals surface area contributed by atoms with E-state index in [1.54, 1.807) is 0 Å². The summed E-state index contributed by atoms with van der Waals surface area (Å²) in [5.74, 6) is 0.117. The third-order valence-electron chi connectivity index (χ3n) is 6.16. The van der Waals surface area contributed by atoms with Crippen molar-refractivity contribution in [2.45, 2.75) is 95.9 Å². The number of ether oxygens (including phenoxy) is 1. The van der Waals surface area contributed by atoms with Gasteiger partial charge in [-0.3, -0.25) is 14.3 Å². The number of rotatable bonds is 3. The van der Waals surface area contributed by atoms with Gasteiger partial charge >= 0.3 is 14.3 Å². The SMILES string of the molecule is CC(C)C[C@@]1(n2ccc(=O)[nH]c2=O)O[C@@H]2CO[Si](C(C)(C)C)(C(C)(C)C)O[C@H]2[C@H]1O. The van der Waals surface area contributed by atoms with Crippen LogP contribution in [-0.2, 0) is 19.3 Å². The highest BCUT2D eigenvalue weighted by molar-refractivity contribution is 6.73. The standard InChI is InChI=1S/C21H36N2O6Si/c1-13(2)11-21(23-10-9-15(24)22-18(23)26)17(25)16-14(28-21)12-27-30(29-16,19(3,4)5)20(6,7)8/h9-10,13-14,16-17,25H,11-12H2,1-8H3,(H,22,24,26)/t14-,16-,17-,21-/m1/s1. The van der Waals surface area contributed by atoms with Gasteiger partial charge in [-0.25, -0.2) is 4.79 Å². The van der Waals surface area contributed by atoms with E-state index >= 15 is 0 Å². The molecule has 4 atom stereocenters. The van der Waals surface area contributed by atoms with Crippen LogP contribution in [0.5, 0.6) is 0 Å². The first-order valence-electron chi connectivity index (χ1n) is 10.6. The van der Waals surface area contributed by atoms with Gasteiger partial charge in [0.25, 0.3) is 5.56 Å². The van der Waals surface area contributed by atoms with Crippen LogP contribution < -0.4 is 11.2 Å². The summed E-state index contributed by atoms with van der Waals surface area (Å²) in [6.07, 6.45) is -0.447. The number of hydrogen-bond donors (Lipinski definition) is 2. The summed E-state index contributed by atoms with van der Waals surface area (Å²) >= 11 is 0. The highest BCUT2D eigenvalue weighted by Gasteiger charge is 2.67. The van der Waals surface area contributed by atoms with Gasteiger partial charge in [-0.05, 0) is 5.92 Å². The van der Waals surface area contributed by atoms with Gasteiger partial charge in [-0.15, -0.1) is 0 Å². The van der Waals surface area contributed by atoms with Crippen molar-refractivity contribution in [2.24, 2.45) is 5.92 Å². The summed E-state index contributed by atoms with van der Waals surface area (Å²) in [6, 6.07) is 1.27. The largest absolute Gasteiger partial charge is 0.391 e. The average molecular weight is 441 g/mol. The van der Waals surface area contributed by atoms with Crippen molar-refractivity contribution in [2.75, 3.05) is 6.61 Å². The fourth-order valence-electron chi connectivity index (χ4n) is 5.23. The highest BCUT2D eigenvalue weighted by atomic mass is 28.4. The number of aliphatic hydroxyl groups excluding tert-OH is 1. The lowest BCUT2D eigenvalue weighted by Gasteiger charge is -2.53. The first kappa shape index (κ1) is 23.4. The summed E-state index contributed by atoms with van der Waals surface area (Å²) in [5.41, 5.74) is -2.45. The van der Waals surface area contributed by atoms with Crippen LogP contribution in [0.1, 0.15) is 61.8 Å². The molecule has 3 rings (SSSR count). The molecule has 8 nitrogen and oxygen atoms in total. The van der Waals surface area contributed by atoms with Crippen molar-refractivity contribution in [1.82, 2.24) is 9.55 Å². The third kappa shape index (κ3) is 3.54. The van der Waals surface area contributed by atoms with Crippen LogP contribution in [0.3, 0.4) is 0 Å². The molecule has 0 radical (unpaired) electrons. The fourth-order valence-corrected chi connectivity index (χ4v) is 10.2. The predicted molar refractivity (Wildman–Crippen MR) is 116 cm³/mol. The summed E-state index contributed by atoms with van der Waals surface area (Å²) in [4.78, 5) is 26.6. The van der Waals surface area contributed by atoms with Gasteiger partial charge in [0, 0.05) is 28.8 Å². The highest BCUT2D eigenvalue weighted by Crippen LogP contribution is 2.56. The summed E-state index contributed by atoms with van der Waals surface area (Å²) in [7, 11) is -2.82. The van der Waals surface area contributed by atoms with Crippen molar-refractivity contribution >= 4 is 8.56 Å². The minimum Gasteiger partial charge on any atom is -0.391 e. The van der Waals surface area contributed by atoms with E-state index in [0.29, 0.717) is 13.0 Å². The molecule has 0 aliphatic carbocycles. The molecule has 9 heteroatoms. The lowest BCUT2D eigenvalue weighted by atomic mass is 9.93. The summed E-state index contributed by atoms with van der Waals surface area (Å²) in [6.45, 7) is 17.0. The lowest BCUT2D eigenvalue weighted by Crippen LogP contribution is -2.65. The minimum atomic E-state index is -2.82. The molecule has 170 valence electrons. The minimum absolute atomic E-state index is 0.117. The molecule has 30 heavy (non-hydrogen) atoms. The molecule has 0 amide bonds. The van der Waals surface area contributed by atoms with Gasteiger partial charge in [0.15, 0.2) is 5.72 Å². The zero-order valence-electron chi connectivity index (χ0n) is 19.3. The zero-order valence-corrected chi connectivity index (χ0v) is 20.3. The molecule has 0 spiro atoms. The Morgan fingerprint density at radius 2 is 1.83 bits per heavy atom. The van der Waals surface area contributed by atoms with Crippen molar-refractivity contribution in [3.63, 3.8) is 0 Å². The second-order valence-electron chi connectivity index (χ2n) is 11.0. The normalized spacial score (nSPS) is 31.7. The van der Waals surface area contributed by atoms with Crippen LogP contribution in [-0.4, -0.2) is 48.1 Å². The van der Waals surface area contributed by atoms with Crippen LogP contribution in [0.15, 0.2) is 21.9 Å². The Morgan fingerprint density at radius 3 is 2.33 bits per heavy atom. The Bertz CT molecular complexity index is 882. The number of H-pyrrole nitrogens is 1. The molecule has 2 saturated heterocycles. The van der Waals surface area contributed by atoms with Crippen LogP contribution in [0, 0.1) is 5.92 Å². The van der Waals surface area contributed by atoms with Crippen molar-refractivity contribution in [3.05, 3.63) is 33.1 Å². The van der Waals surface area contributed by atoms with E-state index in [0.717, 1.165) is 0 Å². The summed E-state index contributed by atoms with van der Waals surface area (Å²) in [5, 5.41) is 11.1. The van der Waals surface area contributed by atoms with Gasteiger partial charge in [-0.2, -0.15) is 0 Å². The quantitative estimate of drug-likeness (QED) is 0.700. The van der Waals surface area contributed by atoms with Crippen molar-refractivity contribution in [1.29, 1.82) is 0 Å². The van der Waals surface area contributed by atoms with E-state index in [1.807, 2.05) is 13.8 Å². The molecular formula is C21H36N2O6Si. The van der Waals surface area contributed by atoms with Gasteiger partial charge in [0.2, 0.25) is 0 Å². The Hall–Kier alpha value is -1.26. The lowest BCUT2D eigenvalue weighted by molar-refractivity contribution is -0.161. The number of fused-ring (bicyclic) bond motifs is 1. The van der Waals surface area contributed by atoms with E-state index in [1.165, 1.54) is 16.8 Å². The van der Waals surface area contributed by atoms with Gasteiger partial charge in [-0.1, -0.05) is 55.4 Å². The van der Waals surface area contributed by atoms with Crippen LogP contribution in [0.25, 0.3) is 0 Å². The first-order chi connectivity index (χ1) is 13.6. The molecule has 1 aromatic rings. The number of aromatic amines is 1. The molecule has 2 N–H and O–H groups in total. The molecule has 1 aromatic heterocycles. The van der Waals surface area contributed by atoms with E-state index < -0.39 is 43.8 Å². The topological polar surface area (TPSA) is 103 Å². The fraction of sp³-hybridized carbons (Fsp3) is 0.810. The van der Waals surface area contributed by atoms with Crippen LogP contribution in [0.2, 0.25) is 10.1 Å². The number of nitrogens with zero attached hydrogens (tertiary/aromatic N) is 1. The maximum Gasteiger partial charge on any atom is 0.349 e. The van der Waals surface area contributed by atoms with Gasteiger partial charge < -0.3 is 18.7 Å². The molecule has 2 aliphatic rings. The second-order valence-corrected chi connectivity index (χ2v) is 15.8. The van der Waals surface area contributed by atoms with E-state index in [4.69, 9.17) is 13.6 Å². The number of aromatic nitrogens is 2. The Kier molecular flexibility index (Phi) is 5.78. The average Bonchev–Trinajstić information content (AvgIpc) is 2.84. The molecule has 2 fully saturated rings. The van der Waals surface area contributed by atoms with Gasteiger partial charge in [0.1, 0.15) is 18.3 Å². The molecule has 0 aromatic carbocycles.